The fraction of sp³-hybridized carbons (Fsp3) is 0. The topological polar surface area (TPSA) is 22.8 Å². The van der Waals surface area contributed by atoms with Crippen LogP contribution in [0.5, 0.6) is 0 Å². The molecule has 8 aromatic rings. The smallest absolute Gasteiger partial charge is 0.0626 e. The van der Waals surface area contributed by atoms with Crippen molar-refractivity contribution in [3.05, 3.63) is 140 Å². The number of benzene rings is 5. The Hall–Kier alpha value is -5.15. The predicted octanol–water partition coefficient (Wildman–Crippen LogP) is 8.94. The molecule has 0 radical (unpaired) electrons. The molecule has 0 saturated carbocycles. The fourth-order valence-corrected chi connectivity index (χ4v) is 5.91. The third-order valence-electron chi connectivity index (χ3n) is 7.64. The lowest BCUT2D eigenvalue weighted by atomic mass is 10.0. The molecule has 0 N–H and O–H groups in total. The van der Waals surface area contributed by atoms with Crippen LogP contribution in [0, 0.1) is 0 Å². The Labute approximate surface area is 219 Å². The fourth-order valence-electron chi connectivity index (χ4n) is 5.91. The molecule has 0 aliphatic heterocycles. The lowest BCUT2D eigenvalue weighted by Crippen LogP contribution is -1.95. The summed E-state index contributed by atoms with van der Waals surface area (Å²) >= 11 is 0. The number of para-hydroxylation sites is 2. The van der Waals surface area contributed by atoms with Gasteiger partial charge in [0.15, 0.2) is 0 Å². The minimum atomic E-state index is 1.12. The van der Waals surface area contributed by atoms with Crippen molar-refractivity contribution >= 4 is 43.5 Å². The molecule has 0 bridgehead atoms. The first-order valence-electron chi connectivity index (χ1n) is 12.9. The zero-order chi connectivity index (χ0) is 25.1. The van der Waals surface area contributed by atoms with Gasteiger partial charge in [0.25, 0.3) is 0 Å². The zero-order valence-electron chi connectivity index (χ0n) is 20.6. The second kappa shape index (κ2) is 8.19. The average molecular weight is 486 g/mol. The summed E-state index contributed by atoms with van der Waals surface area (Å²) in [5.74, 6) is 0. The van der Waals surface area contributed by atoms with Gasteiger partial charge in [-0.3, -0.25) is 4.98 Å². The minimum Gasteiger partial charge on any atom is -0.317 e. The third-order valence-corrected chi connectivity index (χ3v) is 7.64. The molecule has 0 spiro atoms. The molecule has 0 fully saturated rings. The molecule has 0 aliphatic rings. The molecule has 8 rings (SSSR count). The molecule has 0 amide bonds. The molecule has 178 valence electrons. The molecule has 3 heteroatoms. The van der Waals surface area contributed by atoms with Crippen molar-refractivity contribution in [1.82, 2.24) is 14.1 Å². The Kier molecular flexibility index (Phi) is 4.52. The summed E-state index contributed by atoms with van der Waals surface area (Å²) in [6.45, 7) is 0. The second-order valence-electron chi connectivity index (χ2n) is 9.72. The van der Waals surface area contributed by atoms with Crippen LogP contribution < -0.4 is 0 Å². The Morgan fingerprint density at radius 3 is 2.16 bits per heavy atom. The van der Waals surface area contributed by atoms with Gasteiger partial charge in [0.2, 0.25) is 0 Å². The molecular weight excluding hydrogens is 462 g/mol. The van der Waals surface area contributed by atoms with Gasteiger partial charge >= 0.3 is 0 Å². The summed E-state index contributed by atoms with van der Waals surface area (Å²) < 4.78 is 4.71. The third kappa shape index (κ3) is 3.06. The van der Waals surface area contributed by atoms with Gasteiger partial charge in [-0.05, 0) is 65.0 Å². The number of pyridine rings is 1. The number of rotatable bonds is 3. The van der Waals surface area contributed by atoms with E-state index in [9.17, 15) is 0 Å². The predicted molar refractivity (Wildman–Crippen MR) is 158 cm³/mol. The van der Waals surface area contributed by atoms with Crippen LogP contribution in [0.3, 0.4) is 0 Å². The summed E-state index contributed by atoms with van der Waals surface area (Å²) in [7, 11) is 0. The SMILES string of the molecule is c1ccc(-n2ccc3c4c(ccc5c6ccccc6n(-c6ccc(-c7cccnc7)cc6)c54)ccc32)cc1. The minimum absolute atomic E-state index is 1.12. The monoisotopic (exact) mass is 485 g/mol. The summed E-state index contributed by atoms with van der Waals surface area (Å²) in [6, 6.07) is 43.5. The molecule has 38 heavy (non-hydrogen) atoms. The first-order valence-corrected chi connectivity index (χ1v) is 12.9. The van der Waals surface area contributed by atoms with Gasteiger partial charge in [-0.15, -0.1) is 0 Å². The highest BCUT2D eigenvalue weighted by Crippen LogP contribution is 2.40. The standard InChI is InChI=1S/C35H23N3/c1-2-8-27(9-3-1)37-22-20-31-32(37)19-15-25-14-18-30-29-10-4-5-11-33(29)38(35(30)34(25)31)28-16-12-24(13-17-28)26-7-6-21-36-23-26/h1-23H. The first kappa shape index (κ1) is 21.0. The number of aromatic nitrogens is 3. The van der Waals surface area contributed by atoms with Crippen LogP contribution in [0.1, 0.15) is 0 Å². The van der Waals surface area contributed by atoms with E-state index in [4.69, 9.17) is 0 Å². The molecule has 0 aliphatic carbocycles. The van der Waals surface area contributed by atoms with Gasteiger partial charge in [0.05, 0.1) is 16.6 Å². The van der Waals surface area contributed by atoms with E-state index in [2.05, 4.69) is 136 Å². The second-order valence-corrected chi connectivity index (χ2v) is 9.72. The van der Waals surface area contributed by atoms with Crippen LogP contribution in [-0.4, -0.2) is 14.1 Å². The van der Waals surface area contributed by atoms with E-state index >= 15 is 0 Å². The van der Waals surface area contributed by atoms with E-state index in [1.54, 1.807) is 0 Å². The van der Waals surface area contributed by atoms with Gasteiger partial charge in [0, 0.05) is 51.5 Å². The normalized spacial score (nSPS) is 11.7. The van der Waals surface area contributed by atoms with Crippen molar-refractivity contribution in [3.63, 3.8) is 0 Å². The molecule has 3 heterocycles. The summed E-state index contributed by atoms with van der Waals surface area (Å²) in [5.41, 5.74) is 8.26. The van der Waals surface area contributed by atoms with Crippen LogP contribution in [-0.2, 0) is 0 Å². The van der Waals surface area contributed by atoms with Gasteiger partial charge in [-0.25, -0.2) is 0 Å². The van der Waals surface area contributed by atoms with Crippen molar-refractivity contribution in [2.45, 2.75) is 0 Å². The summed E-state index contributed by atoms with van der Waals surface area (Å²) in [4.78, 5) is 4.29. The van der Waals surface area contributed by atoms with Crippen molar-refractivity contribution in [2.75, 3.05) is 0 Å². The Morgan fingerprint density at radius 2 is 1.32 bits per heavy atom. The van der Waals surface area contributed by atoms with E-state index in [1.165, 1.54) is 49.2 Å². The maximum Gasteiger partial charge on any atom is 0.0626 e. The lowest BCUT2D eigenvalue weighted by Gasteiger charge is -2.12. The highest BCUT2D eigenvalue weighted by Gasteiger charge is 2.17. The van der Waals surface area contributed by atoms with E-state index in [0.29, 0.717) is 0 Å². The molecule has 0 unspecified atom stereocenters. The van der Waals surface area contributed by atoms with E-state index < -0.39 is 0 Å². The van der Waals surface area contributed by atoms with E-state index in [-0.39, 0.29) is 0 Å². The molecule has 3 aromatic heterocycles. The molecule has 3 nitrogen and oxygen atoms in total. The maximum atomic E-state index is 4.29. The Balaban J connectivity index is 1.46. The molecular formula is C35H23N3. The van der Waals surface area contributed by atoms with Crippen molar-refractivity contribution in [1.29, 1.82) is 0 Å². The van der Waals surface area contributed by atoms with Gasteiger partial charge in [-0.1, -0.05) is 72.8 Å². The van der Waals surface area contributed by atoms with Gasteiger partial charge in [-0.2, -0.15) is 0 Å². The van der Waals surface area contributed by atoms with Gasteiger partial charge in [0.1, 0.15) is 0 Å². The number of hydrogen-bond donors (Lipinski definition) is 0. The van der Waals surface area contributed by atoms with Crippen LogP contribution in [0.25, 0.3) is 66.0 Å². The van der Waals surface area contributed by atoms with Crippen LogP contribution >= 0.6 is 0 Å². The average Bonchev–Trinajstić information content (AvgIpc) is 3.58. The highest BCUT2D eigenvalue weighted by atomic mass is 15.0. The van der Waals surface area contributed by atoms with Gasteiger partial charge < -0.3 is 9.13 Å². The van der Waals surface area contributed by atoms with Crippen molar-refractivity contribution in [2.24, 2.45) is 0 Å². The molecule has 0 atom stereocenters. The number of hydrogen-bond acceptors (Lipinski definition) is 1. The van der Waals surface area contributed by atoms with Crippen molar-refractivity contribution < 1.29 is 0 Å². The number of nitrogens with zero attached hydrogens (tertiary/aromatic N) is 3. The van der Waals surface area contributed by atoms with Crippen LogP contribution in [0.2, 0.25) is 0 Å². The van der Waals surface area contributed by atoms with Crippen LogP contribution in [0.15, 0.2) is 140 Å². The molecule has 5 aromatic carbocycles. The largest absolute Gasteiger partial charge is 0.317 e. The Morgan fingerprint density at radius 1 is 0.500 bits per heavy atom. The lowest BCUT2D eigenvalue weighted by molar-refractivity contribution is 1.13. The quantitative estimate of drug-likeness (QED) is 0.245. The highest BCUT2D eigenvalue weighted by molar-refractivity contribution is 6.25. The Bertz CT molecular complexity index is 2100. The number of fused-ring (bicyclic) bond motifs is 7. The maximum absolute atomic E-state index is 4.29. The van der Waals surface area contributed by atoms with Crippen molar-refractivity contribution in [3.8, 4) is 22.5 Å². The van der Waals surface area contributed by atoms with E-state index in [1.807, 2.05) is 18.5 Å². The van der Waals surface area contributed by atoms with E-state index in [0.717, 1.165) is 16.8 Å². The zero-order valence-corrected chi connectivity index (χ0v) is 20.6. The summed E-state index contributed by atoms with van der Waals surface area (Å²) in [6.07, 6.45) is 5.91. The first-order chi connectivity index (χ1) is 18.9. The van der Waals surface area contributed by atoms with Crippen LogP contribution in [0.4, 0.5) is 0 Å². The molecule has 0 saturated heterocycles. The summed E-state index contributed by atoms with van der Waals surface area (Å²) in [5, 5.41) is 6.31.